The van der Waals surface area contributed by atoms with Gasteiger partial charge in [0.1, 0.15) is 0 Å². The van der Waals surface area contributed by atoms with Crippen LogP contribution in [0.5, 0.6) is 0 Å². The van der Waals surface area contributed by atoms with E-state index in [9.17, 15) is 14.7 Å². The molecule has 2 aliphatic rings. The van der Waals surface area contributed by atoms with E-state index in [1.54, 1.807) is 9.80 Å². The van der Waals surface area contributed by atoms with Crippen LogP contribution in [0.15, 0.2) is 0 Å². The Bertz CT molecular complexity index is 280. The van der Waals surface area contributed by atoms with E-state index >= 15 is 0 Å². The number of aliphatic hydroxyl groups is 1. The van der Waals surface area contributed by atoms with Gasteiger partial charge in [0.05, 0.1) is 12.6 Å². The summed E-state index contributed by atoms with van der Waals surface area (Å²) in [6.07, 6.45) is 1.69. The highest BCUT2D eigenvalue weighted by Crippen LogP contribution is 2.12. The number of likely N-dealkylation sites (tertiary alicyclic amines) is 2. The molecule has 2 aliphatic heterocycles. The minimum atomic E-state index is -0.386. The second kappa shape index (κ2) is 4.18. The Hall–Kier alpha value is -1.10. The van der Waals surface area contributed by atoms with Gasteiger partial charge in [0, 0.05) is 26.1 Å². The molecule has 1 N–H and O–H groups in total. The molecule has 0 aromatic carbocycles. The summed E-state index contributed by atoms with van der Waals surface area (Å²) in [5, 5.41) is 9.29. The molecule has 0 spiro atoms. The van der Waals surface area contributed by atoms with Gasteiger partial charge in [0.2, 0.25) is 11.8 Å². The zero-order valence-electron chi connectivity index (χ0n) is 8.69. The highest BCUT2D eigenvalue weighted by atomic mass is 16.3. The fourth-order valence-corrected chi connectivity index (χ4v) is 2.10. The van der Waals surface area contributed by atoms with Crippen molar-refractivity contribution in [2.45, 2.75) is 25.4 Å². The van der Waals surface area contributed by atoms with Crippen molar-refractivity contribution in [1.82, 2.24) is 9.80 Å². The third kappa shape index (κ3) is 2.28. The Balaban J connectivity index is 1.84. The van der Waals surface area contributed by atoms with Crippen molar-refractivity contribution in [1.29, 1.82) is 0 Å². The van der Waals surface area contributed by atoms with Gasteiger partial charge in [-0.25, -0.2) is 0 Å². The summed E-state index contributed by atoms with van der Waals surface area (Å²) in [5.41, 5.74) is 0. The van der Waals surface area contributed by atoms with E-state index in [2.05, 4.69) is 0 Å². The lowest BCUT2D eigenvalue weighted by atomic mass is 10.3. The van der Waals surface area contributed by atoms with Crippen LogP contribution in [0.1, 0.15) is 19.3 Å². The molecule has 2 amide bonds. The molecular formula is C10H16N2O3. The molecule has 84 valence electrons. The normalized spacial score (nSPS) is 26.5. The lowest BCUT2D eigenvalue weighted by Gasteiger charge is -2.20. The van der Waals surface area contributed by atoms with Gasteiger partial charge in [-0.3, -0.25) is 9.59 Å². The maximum absolute atomic E-state index is 11.7. The second-order valence-corrected chi connectivity index (χ2v) is 4.20. The molecule has 2 rings (SSSR count). The molecule has 0 radical (unpaired) electrons. The molecule has 5 heteroatoms. The van der Waals surface area contributed by atoms with Crippen LogP contribution in [-0.2, 0) is 9.59 Å². The topological polar surface area (TPSA) is 60.9 Å². The van der Waals surface area contributed by atoms with Crippen molar-refractivity contribution in [2.24, 2.45) is 0 Å². The van der Waals surface area contributed by atoms with Gasteiger partial charge in [-0.2, -0.15) is 0 Å². The zero-order valence-corrected chi connectivity index (χ0v) is 8.69. The lowest BCUT2D eigenvalue weighted by molar-refractivity contribution is -0.137. The van der Waals surface area contributed by atoms with Crippen molar-refractivity contribution in [3.05, 3.63) is 0 Å². The monoisotopic (exact) mass is 212 g/mol. The minimum Gasteiger partial charge on any atom is -0.391 e. The van der Waals surface area contributed by atoms with Gasteiger partial charge in [0.25, 0.3) is 0 Å². The van der Waals surface area contributed by atoms with Crippen LogP contribution in [0.3, 0.4) is 0 Å². The number of aliphatic hydroxyl groups excluding tert-OH is 1. The third-order valence-electron chi connectivity index (χ3n) is 3.01. The van der Waals surface area contributed by atoms with E-state index in [1.807, 2.05) is 0 Å². The maximum atomic E-state index is 11.7. The summed E-state index contributed by atoms with van der Waals surface area (Å²) < 4.78 is 0. The van der Waals surface area contributed by atoms with Crippen LogP contribution in [0.4, 0.5) is 0 Å². The molecule has 5 nitrogen and oxygen atoms in total. The summed E-state index contributed by atoms with van der Waals surface area (Å²) >= 11 is 0. The highest BCUT2D eigenvalue weighted by Gasteiger charge is 2.28. The first-order valence-corrected chi connectivity index (χ1v) is 5.40. The lowest BCUT2D eigenvalue weighted by Crippen LogP contribution is -2.40. The van der Waals surface area contributed by atoms with Crippen LogP contribution in [-0.4, -0.2) is 59.0 Å². The van der Waals surface area contributed by atoms with E-state index in [0.717, 1.165) is 6.42 Å². The Morgan fingerprint density at radius 2 is 2.27 bits per heavy atom. The molecule has 0 unspecified atom stereocenters. The highest BCUT2D eigenvalue weighted by molar-refractivity contribution is 5.86. The van der Waals surface area contributed by atoms with E-state index in [1.165, 1.54) is 0 Å². The number of rotatable bonds is 2. The third-order valence-corrected chi connectivity index (χ3v) is 3.01. The van der Waals surface area contributed by atoms with Crippen LogP contribution in [0.2, 0.25) is 0 Å². The van der Waals surface area contributed by atoms with Crippen molar-refractivity contribution in [3.8, 4) is 0 Å². The van der Waals surface area contributed by atoms with Gasteiger partial charge in [0.15, 0.2) is 0 Å². The number of amides is 2. The fourth-order valence-electron chi connectivity index (χ4n) is 2.10. The average Bonchev–Trinajstić information content (AvgIpc) is 2.77. The van der Waals surface area contributed by atoms with Gasteiger partial charge in [-0.05, 0) is 12.8 Å². The number of β-amino-alcohol motifs (C(OH)–C–C–N with tert-alkyl or cyclic N) is 1. The van der Waals surface area contributed by atoms with Crippen molar-refractivity contribution in [2.75, 3.05) is 26.2 Å². The molecule has 2 fully saturated rings. The molecule has 0 saturated carbocycles. The quantitative estimate of drug-likeness (QED) is 0.652. The summed E-state index contributed by atoms with van der Waals surface area (Å²) in [4.78, 5) is 26.2. The number of carbonyl (C=O) groups is 2. The van der Waals surface area contributed by atoms with E-state index in [0.29, 0.717) is 32.5 Å². The number of carbonyl (C=O) groups excluding carboxylic acids is 2. The summed E-state index contributed by atoms with van der Waals surface area (Å²) in [7, 11) is 0. The van der Waals surface area contributed by atoms with Gasteiger partial charge in [-0.1, -0.05) is 0 Å². The smallest absolute Gasteiger partial charge is 0.242 e. The Kier molecular flexibility index (Phi) is 2.90. The summed E-state index contributed by atoms with van der Waals surface area (Å²) in [5.74, 6) is 0.0323. The predicted octanol–water partition coefficient (Wildman–Crippen LogP) is -0.798. The number of hydrogen-bond donors (Lipinski definition) is 1. The van der Waals surface area contributed by atoms with Gasteiger partial charge in [-0.15, -0.1) is 0 Å². The Labute approximate surface area is 88.6 Å². The Morgan fingerprint density at radius 3 is 2.80 bits per heavy atom. The van der Waals surface area contributed by atoms with E-state index < -0.39 is 0 Å². The van der Waals surface area contributed by atoms with Crippen LogP contribution in [0.25, 0.3) is 0 Å². The number of nitrogens with zero attached hydrogens (tertiary/aromatic N) is 2. The molecular weight excluding hydrogens is 196 g/mol. The molecule has 0 aliphatic carbocycles. The first-order valence-electron chi connectivity index (χ1n) is 5.40. The minimum absolute atomic E-state index is 0.0400. The largest absolute Gasteiger partial charge is 0.391 e. The van der Waals surface area contributed by atoms with Crippen LogP contribution < -0.4 is 0 Å². The Morgan fingerprint density at radius 1 is 1.47 bits per heavy atom. The van der Waals surface area contributed by atoms with Crippen molar-refractivity contribution < 1.29 is 14.7 Å². The molecule has 0 aromatic heterocycles. The van der Waals surface area contributed by atoms with Crippen LogP contribution in [0, 0.1) is 0 Å². The van der Waals surface area contributed by atoms with Crippen molar-refractivity contribution in [3.63, 3.8) is 0 Å². The SMILES string of the molecule is O=C1CCCN1CC(=O)N1CC[C@@H](O)C1. The standard InChI is InChI=1S/C10H16N2O3/c13-8-3-5-12(6-8)10(15)7-11-4-1-2-9(11)14/h8,13H,1-7H2/t8-/m1/s1. The van der Waals surface area contributed by atoms with Gasteiger partial charge < -0.3 is 14.9 Å². The van der Waals surface area contributed by atoms with Crippen LogP contribution >= 0.6 is 0 Å². The van der Waals surface area contributed by atoms with E-state index in [-0.39, 0.29) is 24.5 Å². The zero-order chi connectivity index (χ0) is 10.8. The maximum Gasteiger partial charge on any atom is 0.242 e. The van der Waals surface area contributed by atoms with E-state index in [4.69, 9.17) is 0 Å². The first-order chi connectivity index (χ1) is 7.16. The second-order valence-electron chi connectivity index (χ2n) is 4.20. The summed E-state index contributed by atoms with van der Waals surface area (Å²) in [6, 6.07) is 0. The first kappa shape index (κ1) is 10.4. The molecule has 1 atom stereocenters. The molecule has 0 aromatic rings. The molecule has 0 bridgehead atoms. The van der Waals surface area contributed by atoms with Crippen molar-refractivity contribution >= 4 is 11.8 Å². The average molecular weight is 212 g/mol. The molecule has 15 heavy (non-hydrogen) atoms. The molecule has 2 heterocycles. The molecule has 2 saturated heterocycles. The van der Waals surface area contributed by atoms with Gasteiger partial charge >= 0.3 is 0 Å². The number of hydrogen-bond acceptors (Lipinski definition) is 3. The fraction of sp³-hybridized carbons (Fsp3) is 0.800. The summed E-state index contributed by atoms with van der Waals surface area (Å²) in [6.45, 7) is 1.91. The predicted molar refractivity (Wildman–Crippen MR) is 53.0 cm³/mol.